The quantitative estimate of drug-likeness (QED) is 0.823. The van der Waals surface area contributed by atoms with Gasteiger partial charge in [-0.2, -0.15) is 5.10 Å². The highest BCUT2D eigenvalue weighted by Crippen LogP contribution is 2.06. The van der Waals surface area contributed by atoms with Crippen molar-refractivity contribution in [1.29, 1.82) is 0 Å². The molecule has 0 radical (unpaired) electrons. The normalized spacial score (nSPS) is 10.2. The number of nitrogens with one attached hydrogen (secondary N) is 1. The van der Waals surface area contributed by atoms with E-state index in [1.807, 2.05) is 35.0 Å². The summed E-state index contributed by atoms with van der Waals surface area (Å²) < 4.78 is 1.88. The van der Waals surface area contributed by atoms with E-state index in [1.54, 1.807) is 6.33 Å². The van der Waals surface area contributed by atoms with E-state index in [0.717, 1.165) is 18.1 Å². The van der Waals surface area contributed by atoms with Crippen LogP contribution in [0, 0.1) is 0 Å². The minimum atomic E-state index is 0.706. The highest BCUT2D eigenvalue weighted by molar-refractivity contribution is 5.42. The molecular weight excluding hydrogens is 188 g/mol. The third-order valence-corrected chi connectivity index (χ3v) is 2.22. The fourth-order valence-corrected chi connectivity index (χ4v) is 1.43. The molecular formula is C11H14N4. The maximum absolute atomic E-state index is 4.19. The molecule has 0 aliphatic carbocycles. The molecule has 0 saturated carbocycles. The van der Waals surface area contributed by atoms with Gasteiger partial charge in [0.05, 0.1) is 6.54 Å². The lowest BCUT2D eigenvalue weighted by Crippen LogP contribution is -2.08. The largest absolute Gasteiger partial charge is 0.378 e. The minimum Gasteiger partial charge on any atom is -0.378 e. The van der Waals surface area contributed by atoms with E-state index < -0.39 is 0 Å². The van der Waals surface area contributed by atoms with E-state index in [9.17, 15) is 0 Å². The summed E-state index contributed by atoms with van der Waals surface area (Å²) in [7, 11) is 0. The number of hydrogen-bond donors (Lipinski definition) is 1. The van der Waals surface area contributed by atoms with Gasteiger partial charge in [-0.05, 0) is 19.1 Å². The number of para-hydroxylation sites is 1. The SMILES string of the molecule is CCn1ncnc1CNc1ccccc1. The molecule has 0 fully saturated rings. The molecule has 0 bridgehead atoms. The number of anilines is 1. The Balaban J connectivity index is 1.99. The van der Waals surface area contributed by atoms with Crippen molar-refractivity contribution < 1.29 is 0 Å². The van der Waals surface area contributed by atoms with Gasteiger partial charge in [0.2, 0.25) is 0 Å². The lowest BCUT2D eigenvalue weighted by molar-refractivity contribution is 0.622. The second kappa shape index (κ2) is 4.59. The zero-order valence-electron chi connectivity index (χ0n) is 8.72. The van der Waals surface area contributed by atoms with Crippen LogP contribution in [-0.2, 0) is 13.1 Å². The van der Waals surface area contributed by atoms with Crippen LogP contribution in [0.5, 0.6) is 0 Å². The molecule has 0 aliphatic rings. The molecule has 0 saturated heterocycles. The fraction of sp³-hybridized carbons (Fsp3) is 0.273. The predicted octanol–water partition coefficient (Wildman–Crippen LogP) is 1.91. The Kier molecular flexibility index (Phi) is 2.97. The van der Waals surface area contributed by atoms with Crippen LogP contribution in [0.15, 0.2) is 36.7 Å². The van der Waals surface area contributed by atoms with Crippen LogP contribution in [0.1, 0.15) is 12.7 Å². The summed E-state index contributed by atoms with van der Waals surface area (Å²) in [5, 5.41) is 7.41. The monoisotopic (exact) mass is 202 g/mol. The van der Waals surface area contributed by atoms with Crippen molar-refractivity contribution in [2.24, 2.45) is 0 Å². The minimum absolute atomic E-state index is 0.706. The van der Waals surface area contributed by atoms with Crippen LogP contribution in [0.25, 0.3) is 0 Å². The van der Waals surface area contributed by atoms with Gasteiger partial charge in [0.1, 0.15) is 12.2 Å². The molecule has 0 spiro atoms. The van der Waals surface area contributed by atoms with Gasteiger partial charge in [0, 0.05) is 12.2 Å². The molecule has 0 amide bonds. The Labute approximate surface area is 89.0 Å². The van der Waals surface area contributed by atoms with Gasteiger partial charge in [-0.25, -0.2) is 9.67 Å². The average molecular weight is 202 g/mol. The van der Waals surface area contributed by atoms with Crippen molar-refractivity contribution in [2.75, 3.05) is 5.32 Å². The molecule has 2 aromatic rings. The van der Waals surface area contributed by atoms with Gasteiger partial charge in [-0.15, -0.1) is 0 Å². The summed E-state index contributed by atoms with van der Waals surface area (Å²) in [6, 6.07) is 10.1. The summed E-state index contributed by atoms with van der Waals surface area (Å²) >= 11 is 0. The molecule has 1 aromatic heterocycles. The lowest BCUT2D eigenvalue weighted by Gasteiger charge is -2.06. The summed E-state index contributed by atoms with van der Waals surface area (Å²) in [5.41, 5.74) is 1.10. The van der Waals surface area contributed by atoms with Crippen molar-refractivity contribution in [3.63, 3.8) is 0 Å². The smallest absolute Gasteiger partial charge is 0.146 e. The van der Waals surface area contributed by atoms with Gasteiger partial charge in [0.25, 0.3) is 0 Å². The Bertz CT molecular complexity index is 408. The molecule has 4 heteroatoms. The zero-order valence-corrected chi connectivity index (χ0v) is 8.72. The van der Waals surface area contributed by atoms with Crippen molar-refractivity contribution in [2.45, 2.75) is 20.0 Å². The molecule has 4 nitrogen and oxygen atoms in total. The topological polar surface area (TPSA) is 42.7 Å². The Morgan fingerprint density at radius 2 is 2.07 bits per heavy atom. The van der Waals surface area contributed by atoms with Crippen molar-refractivity contribution >= 4 is 5.69 Å². The third kappa shape index (κ3) is 2.34. The van der Waals surface area contributed by atoms with E-state index in [-0.39, 0.29) is 0 Å². The average Bonchev–Trinajstić information content (AvgIpc) is 2.75. The van der Waals surface area contributed by atoms with Crippen LogP contribution < -0.4 is 5.32 Å². The van der Waals surface area contributed by atoms with Crippen LogP contribution >= 0.6 is 0 Å². The number of rotatable bonds is 4. The molecule has 1 N–H and O–H groups in total. The molecule has 2 rings (SSSR count). The number of aromatic nitrogens is 3. The first kappa shape index (κ1) is 9.71. The number of hydrogen-bond acceptors (Lipinski definition) is 3. The zero-order chi connectivity index (χ0) is 10.5. The van der Waals surface area contributed by atoms with E-state index in [2.05, 4.69) is 22.3 Å². The van der Waals surface area contributed by atoms with E-state index in [1.165, 1.54) is 0 Å². The van der Waals surface area contributed by atoms with Crippen LogP contribution in [0.3, 0.4) is 0 Å². The van der Waals surface area contributed by atoms with Gasteiger partial charge in [-0.3, -0.25) is 0 Å². The maximum Gasteiger partial charge on any atom is 0.146 e. The maximum atomic E-state index is 4.19. The number of benzene rings is 1. The molecule has 78 valence electrons. The van der Waals surface area contributed by atoms with E-state index in [0.29, 0.717) is 6.54 Å². The van der Waals surface area contributed by atoms with E-state index >= 15 is 0 Å². The number of aryl methyl sites for hydroxylation is 1. The lowest BCUT2D eigenvalue weighted by atomic mass is 10.3. The molecule has 0 aliphatic heterocycles. The standard InChI is InChI=1S/C11H14N4/c1-2-15-11(13-9-14-15)8-12-10-6-4-3-5-7-10/h3-7,9,12H,2,8H2,1H3. The van der Waals surface area contributed by atoms with Crippen LogP contribution in [-0.4, -0.2) is 14.8 Å². The van der Waals surface area contributed by atoms with Gasteiger partial charge in [0.15, 0.2) is 0 Å². The Morgan fingerprint density at radius 1 is 1.27 bits per heavy atom. The summed E-state index contributed by atoms with van der Waals surface area (Å²) in [6.07, 6.45) is 1.59. The Morgan fingerprint density at radius 3 is 2.80 bits per heavy atom. The molecule has 0 atom stereocenters. The number of nitrogens with zero attached hydrogens (tertiary/aromatic N) is 3. The summed E-state index contributed by atoms with van der Waals surface area (Å²) in [4.78, 5) is 4.19. The second-order valence-corrected chi connectivity index (χ2v) is 3.21. The predicted molar refractivity (Wildman–Crippen MR) is 59.5 cm³/mol. The third-order valence-electron chi connectivity index (χ3n) is 2.22. The fourth-order valence-electron chi connectivity index (χ4n) is 1.43. The highest BCUT2D eigenvalue weighted by Gasteiger charge is 2.01. The summed E-state index contributed by atoms with van der Waals surface area (Å²) in [5.74, 6) is 0.960. The first-order chi connectivity index (χ1) is 7.40. The van der Waals surface area contributed by atoms with E-state index in [4.69, 9.17) is 0 Å². The molecule has 15 heavy (non-hydrogen) atoms. The van der Waals surface area contributed by atoms with Crippen LogP contribution in [0.2, 0.25) is 0 Å². The van der Waals surface area contributed by atoms with Crippen molar-refractivity contribution in [3.8, 4) is 0 Å². The first-order valence-corrected chi connectivity index (χ1v) is 5.05. The van der Waals surface area contributed by atoms with Crippen LogP contribution in [0.4, 0.5) is 5.69 Å². The van der Waals surface area contributed by atoms with Gasteiger partial charge < -0.3 is 5.32 Å². The van der Waals surface area contributed by atoms with Gasteiger partial charge in [-0.1, -0.05) is 18.2 Å². The summed E-state index contributed by atoms with van der Waals surface area (Å²) in [6.45, 7) is 3.62. The highest BCUT2D eigenvalue weighted by atomic mass is 15.3. The molecule has 0 unspecified atom stereocenters. The molecule has 1 heterocycles. The molecule has 1 aromatic carbocycles. The first-order valence-electron chi connectivity index (χ1n) is 5.05. The second-order valence-electron chi connectivity index (χ2n) is 3.21. The van der Waals surface area contributed by atoms with Crippen molar-refractivity contribution in [3.05, 3.63) is 42.5 Å². The van der Waals surface area contributed by atoms with Crippen molar-refractivity contribution in [1.82, 2.24) is 14.8 Å². The Hall–Kier alpha value is -1.84. The van der Waals surface area contributed by atoms with Gasteiger partial charge >= 0.3 is 0 Å².